The van der Waals surface area contributed by atoms with Gasteiger partial charge in [-0.3, -0.25) is 4.79 Å². The van der Waals surface area contributed by atoms with Crippen LogP contribution in [-0.2, 0) is 0 Å². The molecule has 4 N–H and O–H groups in total. The first-order chi connectivity index (χ1) is 7.59. The van der Waals surface area contributed by atoms with E-state index < -0.39 is 5.91 Å². The summed E-state index contributed by atoms with van der Waals surface area (Å²) in [5.74, 6) is -0.280. The number of amides is 1. The van der Waals surface area contributed by atoms with Crippen LogP contribution in [-0.4, -0.2) is 25.7 Å². The van der Waals surface area contributed by atoms with E-state index in [0.29, 0.717) is 5.82 Å². The zero-order valence-electron chi connectivity index (χ0n) is 7.96. The Morgan fingerprint density at radius 2 is 2.19 bits per heavy atom. The molecule has 1 amide bonds. The van der Waals surface area contributed by atoms with Gasteiger partial charge < -0.3 is 11.5 Å². The Hall–Kier alpha value is -2.15. The molecule has 0 atom stereocenters. The topological polar surface area (TPSA) is 113 Å². The van der Waals surface area contributed by atoms with Gasteiger partial charge in [0.25, 0.3) is 5.91 Å². The zero-order valence-corrected chi connectivity index (χ0v) is 8.72. The lowest BCUT2D eigenvalue weighted by Gasteiger charge is -2.03. The van der Waals surface area contributed by atoms with E-state index >= 15 is 0 Å². The summed E-state index contributed by atoms with van der Waals surface area (Å²) in [5, 5.41) is 4.02. The molecule has 82 valence electrons. The van der Waals surface area contributed by atoms with Crippen molar-refractivity contribution in [2.45, 2.75) is 0 Å². The van der Waals surface area contributed by atoms with Gasteiger partial charge in [-0.05, 0) is 0 Å². The SMILES string of the molecule is NC(=O)c1cnn(-c2ncnc(Cl)c2N)c1. The van der Waals surface area contributed by atoms with Crippen molar-refractivity contribution in [1.82, 2.24) is 19.7 Å². The fraction of sp³-hybridized carbons (Fsp3) is 0. The summed E-state index contributed by atoms with van der Waals surface area (Å²) >= 11 is 5.72. The predicted octanol–water partition coefficient (Wildman–Crippen LogP) is -0.00320. The number of hydrogen-bond donors (Lipinski definition) is 2. The van der Waals surface area contributed by atoms with E-state index in [1.165, 1.54) is 23.4 Å². The van der Waals surface area contributed by atoms with Crippen LogP contribution >= 0.6 is 11.6 Å². The minimum Gasteiger partial charge on any atom is -0.393 e. The predicted molar refractivity (Wildman–Crippen MR) is 57.1 cm³/mol. The van der Waals surface area contributed by atoms with Gasteiger partial charge in [-0.15, -0.1) is 0 Å². The van der Waals surface area contributed by atoms with E-state index in [1.54, 1.807) is 0 Å². The highest BCUT2D eigenvalue weighted by atomic mass is 35.5. The summed E-state index contributed by atoms with van der Waals surface area (Å²) in [7, 11) is 0. The number of primary amides is 1. The van der Waals surface area contributed by atoms with Gasteiger partial charge in [0, 0.05) is 6.20 Å². The molecule has 2 rings (SSSR count). The molecular weight excluding hydrogens is 232 g/mol. The summed E-state index contributed by atoms with van der Waals surface area (Å²) in [5.41, 5.74) is 11.2. The highest BCUT2D eigenvalue weighted by Gasteiger charge is 2.11. The minimum atomic E-state index is -0.579. The molecule has 0 fully saturated rings. The molecular formula is C8H7ClN6O. The van der Waals surface area contributed by atoms with E-state index in [1.807, 2.05) is 0 Å². The summed E-state index contributed by atoms with van der Waals surface area (Å²) < 4.78 is 1.31. The number of nitrogens with zero attached hydrogens (tertiary/aromatic N) is 4. The maximum atomic E-state index is 10.9. The molecule has 16 heavy (non-hydrogen) atoms. The third-order valence-electron chi connectivity index (χ3n) is 1.90. The largest absolute Gasteiger partial charge is 0.393 e. The number of anilines is 1. The maximum absolute atomic E-state index is 10.9. The number of carbonyl (C=O) groups is 1. The van der Waals surface area contributed by atoms with Crippen molar-refractivity contribution >= 4 is 23.2 Å². The lowest BCUT2D eigenvalue weighted by Crippen LogP contribution is -2.10. The van der Waals surface area contributed by atoms with E-state index in [2.05, 4.69) is 15.1 Å². The smallest absolute Gasteiger partial charge is 0.251 e. The molecule has 2 aromatic heterocycles. The van der Waals surface area contributed by atoms with Crippen molar-refractivity contribution in [3.8, 4) is 5.82 Å². The Morgan fingerprint density at radius 1 is 1.44 bits per heavy atom. The molecule has 2 aromatic rings. The highest BCUT2D eigenvalue weighted by Crippen LogP contribution is 2.20. The first-order valence-corrected chi connectivity index (χ1v) is 4.58. The number of halogens is 1. The van der Waals surface area contributed by atoms with Gasteiger partial charge in [-0.1, -0.05) is 11.6 Å². The van der Waals surface area contributed by atoms with Gasteiger partial charge in [-0.2, -0.15) is 5.10 Å². The molecule has 0 aliphatic rings. The zero-order chi connectivity index (χ0) is 11.7. The van der Waals surface area contributed by atoms with E-state index in [9.17, 15) is 4.79 Å². The molecule has 7 nitrogen and oxygen atoms in total. The molecule has 8 heteroatoms. The van der Waals surface area contributed by atoms with E-state index in [-0.39, 0.29) is 16.4 Å². The molecule has 0 unspecified atom stereocenters. The van der Waals surface area contributed by atoms with Gasteiger partial charge in [0.2, 0.25) is 0 Å². The molecule has 0 saturated carbocycles. The molecule has 0 radical (unpaired) electrons. The summed E-state index contributed by atoms with van der Waals surface area (Å²) in [6.07, 6.45) is 3.98. The molecule has 0 saturated heterocycles. The van der Waals surface area contributed by atoms with Crippen LogP contribution in [0.2, 0.25) is 5.15 Å². The Labute approximate surface area is 95.0 Å². The molecule has 2 heterocycles. The average molecular weight is 239 g/mol. The average Bonchev–Trinajstić information content (AvgIpc) is 2.71. The first-order valence-electron chi connectivity index (χ1n) is 4.20. The van der Waals surface area contributed by atoms with Crippen molar-refractivity contribution in [3.05, 3.63) is 29.4 Å². The fourth-order valence-electron chi connectivity index (χ4n) is 1.11. The van der Waals surface area contributed by atoms with Gasteiger partial charge in [0.15, 0.2) is 11.0 Å². The Balaban J connectivity index is 2.50. The number of hydrogen-bond acceptors (Lipinski definition) is 5. The standard InChI is InChI=1S/C8H7ClN6O/c9-6-5(10)8(13-3-12-6)15-2-4(1-14-15)7(11)16/h1-3H,10H2,(H2,11,16). The van der Waals surface area contributed by atoms with Crippen LogP contribution < -0.4 is 11.5 Å². The fourth-order valence-corrected chi connectivity index (χ4v) is 1.24. The summed E-state index contributed by atoms with van der Waals surface area (Å²) in [6.45, 7) is 0. The lowest BCUT2D eigenvalue weighted by molar-refractivity contribution is 0.100. The highest BCUT2D eigenvalue weighted by molar-refractivity contribution is 6.32. The number of nitrogen functional groups attached to an aromatic ring is 1. The first kappa shape index (κ1) is 10.4. The second-order valence-electron chi connectivity index (χ2n) is 2.94. The Bertz CT molecular complexity index is 551. The summed E-state index contributed by atoms with van der Waals surface area (Å²) in [6, 6.07) is 0. The Morgan fingerprint density at radius 3 is 2.81 bits per heavy atom. The van der Waals surface area contributed by atoms with Crippen molar-refractivity contribution in [2.75, 3.05) is 5.73 Å². The second kappa shape index (κ2) is 3.78. The third kappa shape index (κ3) is 1.68. The van der Waals surface area contributed by atoms with Crippen LogP contribution in [0.4, 0.5) is 5.69 Å². The monoisotopic (exact) mass is 238 g/mol. The number of rotatable bonds is 2. The lowest BCUT2D eigenvalue weighted by atomic mass is 10.3. The quantitative estimate of drug-likeness (QED) is 0.715. The van der Waals surface area contributed by atoms with Crippen LogP contribution in [0.3, 0.4) is 0 Å². The van der Waals surface area contributed by atoms with Crippen LogP contribution in [0.15, 0.2) is 18.7 Å². The molecule has 0 spiro atoms. The third-order valence-corrected chi connectivity index (χ3v) is 2.20. The van der Waals surface area contributed by atoms with Crippen molar-refractivity contribution < 1.29 is 4.79 Å². The normalized spacial score (nSPS) is 10.3. The van der Waals surface area contributed by atoms with Crippen molar-refractivity contribution in [3.63, 3.8) is 0 Å². The molecule has 0 aliphatic carbocycles. The van der Waals surface area contributed by atoms with Gasteiger partial charge >= 0.3 is 0 Å². The van der Waals surface area contributed by atoms with Crippen LogP contribution in [0.1, 0.15) is 10.4 Å². The van der Waals surface area contributed by atoms with Gasteiger partial charge in [0.05, 0.1) is 11.8 Å². The minimum absolute atomic E-state index is 0.126. The van der Waals surface area contributed by atoms with E-state index in [4.69, 9.17) is 23.1 Å². The second-order valence-corrected chi connectivity index (χ2v) is 3.30. The maximum Gasteiger partial charge on any atom is 0.251 e. The summed E-state index contributed by atoms with van der Waals surface area (Å²) in [4.78, 5) is 18.5. The number of nitrogens with two attached hydrogens (primary N) is 2. The number of carbonyl (C=O) groups excluding carboxylic acids is 1. The van der Waals surface area contributed by atoms with Gasteiger partial charge in [0.1, 0.15) is 12.0 Å². The van der Waals surface area contributed by atoms with Crippen molar-refractivity contribution in [1.29, 1.82) is 0 Å². The van der Waals surface area contributed by atoms with Crippen LogP contribution in [0, 0.1) is 0 Å². The van der Waals surface area contributed by atoms with E-state index in [0.717, 1.165) is 0 Å². The van der Waals surface area contributed by atoms with Crippen molar-refractivity contribution in [2.24, 2.45) is 5.73 Å². The molecule has 0 aromatic carbocycles. The Kier molecular flexibility index (Phi) is 2.45. The molecule has 0 aliphatic heterocycles. The molecule has 0 bridgehead atoms. The van der Waals surface area contributed by atoms with Crippen LogP contribution in [0.25, 0.3) is 5.82 Å². The number of aromatic nitrogens is 4. The van der Waals surface area contributed by atoms with Gasteiger partial charge in [-0.25, -0.2) is 14.6 Å². The van der Waals surface area contributed by atoms with Crippen LogP contribution in [0.5, 0.6) is 0 Å².